The highest BCUT2D eigenvalue weighted by atomic mass is 79.9. The fourth-order valence-corrected chi connectivity index (χ4v) is 4.16. The Hall–Kier alpha value is -2.91. The molecule has 3 aromatic rings. The first kappa shape index (κ1) is 20.8. The van der Waals surface area contributed by atoms with E-state index in [2.05, 4.69) is 26.0 Å². The fourth-order valence-electron chi connectivity index (χ4n) is 2.53. The SMILES string of the molecule is COc1ccc(S(=O)(=O)Nc2ccccc2Br)cc1NC(=O)c1ccccc1F. The number of rotatable bonds is 6. The predicted octanol–water partition coefficient (Wildman–Crippen LogP) is 4.65. The standard InChI is InChI=1S/C20H16BrFN2O4S/c1-28-19-11-10-13(29(26,27)24-17-9-5-3-7-15(17)21)12-18(19)23-20(25)14-6-2-4-8-16(14)22/h2-12,24H,1H3,(H,23,25). The van der Waals surface area contributed by atoms with Crippen LogP contribution in [0, 0.1) is 5.82 Å². The molecule has 0 atom stereocenters. The molecule has 0 unspecified atom stereocenters. The molecule has 0 aliphatic carbocycles. The van der Waals surface area contributed by atoms with Crippen LogP contribution in [0.25, 0.3) is 0 Å². The van der Waals surface area contributed by atoms with Crippen molar-refractivity contribution in [1.29, 1.82) is 0 Å². The van der Waals surface area contributed by atoms with E-state index in [-0.39, 0.29) is 21.9 Å². The highest BCUT2D eigenvalue weighted by Gasteiger charge is 2.20. The van der Waals surface area contributed by atoms with Crippen LogP contribution < -0.4 is 14.8 Å². The van der Waals surface area contributed by atoms with Gasteiger partial charge in [-0.3, -0.25) is 9.52 Å². The van der Waals surface area contributed by atoms with Crippen LogP contribution in [0.15, 0.2) is 76.1 Å². The Morgan fingerprint density at radius 2 is 1.69 bits per heavy atom. The second-order valence-electron chi connectivity index (χ2n) is 5.88. The highest BCUT2D eigenvalue weighted by molar-refractivity contribution is 9.10. The monoisotopic (exact) mass is 478 g/mol. The molecule has 0 aromatic heterocycles. The van der Waals surface area contributed by atoms with E-state index in [9.17, 15) is 17.6 Å². The summed E-state index contributed by atoms with van der Waals surface area (Å²) in [6.45, 7) is 0. The van der Waals surface area contributed by atoms with E-state index >= 15 is 0 Å². The number of nitrogens with one attached hydrogen (secondary N) is 2. The summed E-state index contributed by atoms with van der Waals surface area (Å²) in [7, 11) is -2.58. The van der Waals surface area contributed by atoms with Crippen molar-refractivity contribution in [3.05, 3.63) is 82.6 Å². The summed E-state index contributed by atoms with van der Waals surface area (Å²) in [5, 5.41) is 2.50. The third kappa shape index (κ3) is 4.75. The molecule has 3 aromatic carbocycles. The third-order valence-corrected chi connectivity index (χ3v) is 6.02. The lowest BCUT2D eigenvalue weighted by Gasteiger charge is -2.14. The maximum absolute atomic E-state index is 13.9. The van der Waals surface area contributed by atoms with Crippen molar-refractivity contribution in [3.63, 3.8) is 0 Å². The predicted molar refractivity (Wildman–Crippen MR) is 112 cm³/mol. The molecular weight excluding hydrogens is 463 g/mol. The van der Waals surface area contributed by atoms with Gasteiger partial charge >= 0.3 is 0 Å². The summed E-state index contributed by atoms with van der Waals surface area (Å²) in [5.41, 5.74) is 0.283. The zero-order valence-electron chi connectivity index (χ0n) is 15.1. The summed E-state index contributed by atoms with van der Waals surface area (Å²) in [6.07, 6.45) is 0. The number of carbonyl (C=O) groups is 1. The molecule has 3 rings (SSSR count). The van der Waals surface area contributed by atoms with Gasteiger partial charge in [0.1, 0.15) is 11.6 Å². The second-order valence-corrected chi connectivity index (χ2v) is 8.42. The normalized spacial score (nSPS) is 11.0. The van der Waals surface area contributed by atoms with Crippen molar-refractivity contribution in [3.8, 4) is 5.75 Å². The van der Waals surface area contributed by atoms with Crippen molar-refractivity contribution in [2.75, 3.05) is 17.1 Å². The van der Waals surface area contributed by atoms with Crippen molar-refractivity contribution in [2.24, 2.45) is 0 Å². The number of para-hydroxylation sites is 1. The summed E-state index contributed by atoms with van der Waals surface area (Å²) in [6, 6.07) is 16.2. The van der Waals surface area contributed by atoms with E-state index in [1.165, 1.54) is 43.5 Å². The Morgan fingerprint density at radius 1 is 1.00 bits per heavy atom. The number of hydrogen-bond acceptors (Lipinski definition) is 4. The molecule has 29 heavy (non-hydrogen) atoms. The van der Waals surface area contributed by atoms with Crippen molar-refractivity contribution in [2.45, 2.75) is 4.90 Å². The lowest BCUT2D eigenvalue weighted by Crippen LogP contribution is -2.16. The van der Waals surface area contributed by atoms with E-state index < -0.39 is 21.7 Å². The summed E-state index contributed by atoms with van der Waals surface area (Å²) < 4.78 is 47.6. The van der Waals surface area contributed by atoms with E-state index in [0.717, 1.165) is 6.07 Å². The van der Waals surface area contributed by atoms with Gasteiger partial charge in [-0.05, 0) is 58.4 Å². The van der Waals surface area contributed by atoms with Crippen LogP contribution in [0.1, 0.15) is 10.4 Å². The van der Waals surface area contributed by atoms with Crippen LogP contribution in [0.4, 0.5) is 15.8 Å². The number of anilines is 2. The number of amides is 1. The van der Waals surface area contributed by atoms with Gasteiger partial charge in [0.15, 0.2) is 0 Å². The maximum Gasteiger partial charge on any atom is 0.262 e. The number of sulfonamides is 1. The first-order valence-corrected chi connectivity index (χ1v) is 10.6. The quantitative estimate of drug-likeness (QED) is 0.539. The van der Waals surface area contributed by atoms with Gasteiger partial charge in [0.25, 0.3) is 15.9 Å². The van der Waals surface area contributed by atoms with E-state index in [1.54, 1.807) is 24.3 Å². The fraction of sp³-hybridized carbons (Fsp3) is 0.0500. The number of ether oxygens (including phenoxy) is 1. The van der Waals surface area contributed by atoms with Crippen molar-refractivity contribution in [1.82, 2.24) is 0 Å². The molecule has 0 fully saturated rings. The molecule has 0 saturated heterocycles. The van der Waals surface area contributed by atoms with Crippen LogP contribution in [-0.2, 0) is 10.0 Å². The topological polar surface area (TPSA) is 84.5 Å². The van der Waals surface area contributed by atoms with Gasteiger partial charge in [-0.25, -0.2) is 12.8 Å². The van der Waals surface area contributed by atoms with Gasteiger partial charge in [-0.1, -0.05) is 24.3 Å². The van der Waals surface area contributed by atoms with E-state index in [1.807, 2.05) is 0 Å². The minimum Gasteiger partial charge on any atom is -0.495 e. The van der Waals surface area contributed by atoms with Crippen molar-refractivity contribution >= 4 is 43.2 Å². The van der Waals surface area contributed by atoms with Gasteiger partial charge < -0.3 is 10.1 Å². The Bertz CT molecular complexity index is 1170. The van der Waals surface area contributed by atoms with Gasteiger partial charge in [-0.2, -0.15) is 0 Å². The summed E-state index contributed by atoms with van der Waals surface area (Å²) in [5.74, 6) is -1.19. The van der Waals surface area contributed by atoms with Crippen LogP contribution in [0.5, 0.6) is 5.75 Å². The lowest BCUT2D eigenvalue weighted by molar-refractivity contribution is 0.102. The smallest absolute Gasteiger partial charge is 0.262 e. The van der Waals surface area contributed by atoms with Gasteiger partial charge in [-0.15, -0.1) is 0 Å². The van der Waals surface area contributed by atoms with Crippen LogP contribution in [0.3, 0.4) is 0 Å². The Labute approximate surface area is 175 Å². The van der Waals surface area contributed by atoms with Gasteiger partial charge in [0, 0.05) is 4.47 Å². The molecule has 0 aliphatic rings. The first-order valence-electron chi connectivity index (χ1n) is 8.33. The number of methoxy groups -OCH3 is 1. The zero-order chi connectivity index (χ0) is 21.0. The minimum atomic E-state index is -3.95. The molecule has 1 amide bonds. The largest absolute Gasteiger partial charge is 0.495 e. The molecular formula is C20H16BrFN2O4S. The molecule has 150 valence electrons. The van der Waals surface area contributed by atoms with Crippen molar-refractivity contribution < 1.29 is 22.3 Å². The molecule has 0 radical (unpaired) electrons. The Balaban J connectivity index is 1.93. The molecule has 0 aliphatic heterocycles. The molecule has 2 N–H and O–H groups in total. The molecule has 0 bridgehead atoms. The van der Waals surface area contributed by atoms with Gasteiger partial charge in [0.05, 0.1) is 28.9 Å². The van der Waals surface area contributed by atoms with E-state index in [4.69, 9.17) is 4.74 Å². The Kier molecular flexibility index (Phi) is 6.19. The summed E-state index contributed by atoms with van der Waals surface area (Å²) in [4.78, 5) is 12.3. The minimum absolute atomic E-state index is 0.0933. The van der Waals surface area contributed by atoms with Crippen LogP contribution in [-0.4, -0.2) is 21.4 Å². The average Bonchev–Trinajstić information content (AvgIpc) is 2.70. The second kappa shape index (κ2) is 8.62. The van der Waals surface area contributed by atoms with E-state index in [0.29, 0.717) is 10.2 Å². The molecule has 0 heterocycles. The first-order chi connectivity index (χ1) is 13.8. The average molecular weight is 479 g/mol. The highest BCUT2D eigenvalue weighted by Crippen LogP contribution is 2.30. The molecule has 0 spiro atoms. The number of carbonyl (C=O) groups excluding carboxylic acids is 1. The maximum atomic E-state index is 13.9. The number of halogens is 2. The lowest BCUT2D eigenvalue weighted by atomic mass is 10.2. The molecule has 0 saturated carbocycles. The van der Waals surface area contributed by atoms with Crippen LogP contribution in [0.2, 0.25) is 0 Å². The Morgan fingerprint density at radius 3 is 2.38 bits per heavy atom. The summed E-state index contributed by atoms with van der Waals surface area (Å²) >= 11 is 3.28. The molecule has 6 nitrogen and oxygen atoms in total. The van der Waals surface area contributed by atoms with Gasteiger partial charge in [0.2, 0.25) is 0 Å². The zero-order valence-corrected chi connectivity index (χ0v) is 17.6. The number of benzene rings is 3. The molecule has 9 heteroatoms. The third-order valence-electron chi connectivity index (χ3n) is 3.97. The number of hydrogen-bond donors (Lipinski definition) is 2. The van der Waals surface area contributed by atoms with Crippen LogP contribution >= 0.6 is 15.9 Å².